The standard InChI is InChI=1S/C32H40N2O7S/c1-20(2)18-34(42(37,38)19-23-9-7-6-8-10-23)25-13-14-32(41-22(4)36)27-17-24-11-12-26(39-21(3)35)29-28(24)31(32,30(25)40-29)15-16-33(27)5/h6-12,20,25,27,30H,13-19H2,1-5H3/t25-,27-,30+,31+,32-/m1/s1. The van der Waals surface area contributed by atoms with Crippen LogP contribution in [0.15, 0.2) is 42.5 Å². The van der Waals surface area contributed by atoms with Crippen molar-refractivity contribution >= 4 is 22.0 Å². The Morgan fingerprint density at radius 1 is 1.10 bits per heavy atom. The summed E-state index contributed by atoms with van der Waals surface area (Å²) in [6, 6.07) is 12.4. The van der Waals surface area contributed by atoms with Gasteiger partial charge in [0.1, 0.15) is 11.7 Å². The van der Waals surface area contributed by atoms with E-state index in [0.29, 0.717) is 43.7 Å². The van der Waals surface area contributed by atoms with Crippen LogP contribution in [0, 0.1) is 5.92 Å². The van der Waals surface area contributed by atoms with Gasteiger partial charge >= 0.3 is 11.9 Å². The van der Waals surface area contributed by atoms with E-state index in [4.69, 9.17) is 14.2 Å². The van der Waals surface area contributed by atoms with Crippen molar-refractivity contribution in [2.24, 2.45) is 5.92 Å². The fourth-order valence-corrected chi connectivity index (χ4v) is 10.3. The van der Waals surface area contributed by atoms with Crippen LogP contribution in [0.2, 0.25) is 0 Å². The van der Waals surface area contributed by atoms with Crippen molar-refractivity contribution < 1.29 is 32.2 Å². The third kappa shape index (κ3) is 4.36. The van der Waals surface area contributed by atoms with E-state index >= 15 is 0 Å². The number of sulfonamides is 1. The topological polar surface area (TPSA) is 102 Å². The zero-order valence-electron chi connectivity index (χ0n) is 25.0. The molecule has 2 fully saturated rings. The molecule has 5 atom stereocenters. The van der Waals surface area contributed by atoms with Gasteiger partial charge in [-0.15, -0.1) is 0 Å². The Morgan fingerprint density at radius 2 is 1.83 bits per heavy atom. The Bertz CT molecular complexity index is 1510. The first kappa shape index (κ1) is 29.1. The Labute approximate surface area is 248 Å². The second-order valence-electron chi connectivity index (χ2n) is 12.8. The predicted octanol–water partition coefficient (Wildman–Crippen LogP) is 3.82. The van der Waals surface area contributed by atoms with Crippen LogP contribution in [-0.2, 0) is 41.9 Å². The lowest BCUT2D eigenvalue weighted by atomic mass is 9.48. The molecule has 2 heterocycles. The molecule has 6 rings (SSSR count). The van der Waals surface area contributed by atoms with Gasteiger partial charge in [0, 0.05) is 26.0 Å². The molecular formula is C32H40N2O7S. The van der Waals surface area contributed by atoms with Crippen LogP contribution in [0.3, 0.4) is 0 Å². The van der Waals surface area contributed by atoms with Gasteiger partial charge in [-0.25, -0.2) is 8.42 Å². The van der Waals surface area contributed by atoms with Crippen LogP contribution in [0.1, 0.15) is 63.6 Å². The third-order valence-electron chi connectivity index (χ3n) is 9.69. The Morgan fingerprint density at radius 3 is 2.50 bits per heavy atom. The van der Waals surface area contributed by atoms with Crippen molar-refractivity contribution in [2.75, 3.05) is 20.1 Å². The molecule has 10 heteroatoms. The van der Waals surface area contributed by atoms with Gasteiger partial charge < -0.3 is 14.2 Å². The Hall–Kier alpha value is -2.95. The second-order valence-corrected chi connectivity index (χ2v) is 14.7. The molecule has 4 aliphatic rings. The maximum atomic E-state index is 14.3. The van der Waals surface area contributed by atoms with E-state index in [0.717, 1.165) is 23.2 Å². The summed E-state index contributed by atoms with van der Waals surface area (Å²) >= 11 is 0. The normalized spacial score (nSPS) is 29.6. The monoisotopic (exact) mass is 596 g/mol. The number of carbonyl (C=O) groups excluding carboxylic acids is 2. The first-order chi connectivity index (χ1) is 19.9. The quantitative estimate of drug-likeness (QED) is 0.335. The summed E-state index contributed by atoms with van der Waals surface area (Å²) in [4.78, 5) is 27.2. The van der Waals surface area contributed by atoms with Gasteiger partial charge in [0.05, 0.1) is 23.3 Å². The number of hydrogen-bond acceptors (Lipinski definition) is 8. The fraction of sp³-hybridized carbons (Fsp3) is 0.562. The van der Waals surface area contributed by atoms with Gasteiger partial charge in [-0.3, -0.25) is 14.5 Å². The van der Waals surface area contributed by atoms with Crippen LogP contribution >= 0.6 is 0 Å². The van der Waals surface area contributed by atoms with Gasteiger partial charge in [0.25, 0.3) is 0 Å². The number of nitrogens with zero attached hydrogens (tertiary/aromatic N) is 2. The molecule has 0 aromatic heterocycles. The summed E-state index contributed by atoms with van der Waals surface area (Å²) < 4.78 is 49.1. The molecule has 2 aliphatic heterocycles. The zero-order chi connectivity index (χ0) is 30.0. The summed E-state index contributed by atoms with van der Waals surface area (Å²) in [6.45, 7) is 7.90. The summed E-state index contributed by atoms with van der Waals surface area (Å²) in [5, 5.41) is 0. The Balaban J connectivity index is 1.54. The molecule has 2 aromatic rings. The number of likely N-dealkylation sites (tertiary alicyclic amines) is 1. The molecule has 0 radical (unpaired) electrons. The highest BCUT2D eigenvalue weighted by molar-refractivity contribution is 7.88. The van der Waals surface area contributed by atoms with E-state index in [1.54, 1.807) is 10.4 Å². The largest absolute Gasteiger partial charge is 0.483 e. The lowest BCUT2D eigenvalue weighted by molar-refractivity contribution is -0.219. The van der Waals surface area contributed by atoms with Gasteiger partial charge in [-0.2, -0.15) is 4.31 Å². The van der Waals surface area contributed by atoms with Crippen LogP contribution in [-0.4, -0.2) is 73.5 Å². The van der Waals surface area contributed by atoms with Crippen LogP contribution in [0.5, 0.6) is 11.5 Å². The summed E-state index contributed by atoms with van der Waals surface area (Å²) in [5.41, 5.74) is 0.987. The first-order valence-corrected chi connectivity index (χ1v) is 16.5. The molecule has 1 spiro atoms. The van der Waals surface area contributed by atoms with Gasteiger partial charge in [-0.05, 0) is 62.4 Å². The third-order valence-corrected chi connectivity index (χ3v) is 11.5. The smallest absolute Gasteiger partial charge is 0.308 e. The number of rotatable bonds is 8. The minimum absolute atomic E-state index is 0.0701. The molecule has 9 nitrogen and oxygen atoms in total. The van der Waals surface area contributed by atoms with Crippen LogP contribution in [0.25, 0.3) is 0 Å². The number of ether oxygens (including phenoxy) is 3. The number of esters is 2. The van der Waals surface area contributed by atoms with E-state index in [1.165, 1.54) is 13.8 Å². The molecule has 2 aliphatic carbocycles. The van der Waals surface area contributed by atoms with E-state index in [-0.39, 0.29) is 23.7 Å². The Kier molecular flexibility index (Phi) is 7.18. The molecule has 2 bridgehead atoms. The molecule has 1 saturated carbocycles. The minimum Gasteiger partial charge on any atom is -0.483 e. The zero-order valence-corrected chi connectivity index (χ0v) is 25.8. The molecule has 0 amide bonds. The molecule has 42 heavy (non-hydrogen) atoms. The molecule has 0 N–H and O–H groups in total. The van der Waals surface area contributed by atoms with Crippen LogP contribution in [0.4, 0.5) is 0 Å². The van der Waals surface area contributed by atoms with Gasteiger partial charge in [-0.1, -0.05) is 50.2 Å². The van der Waals surface area contributed by atoms with E-state index in [9.17, 15) is 18.0 Å². The maximum absolute atomic E-state index is 14.3. The fourth-order valence-electron chi connectivity index (χ4n) is 8.36. The highest BCUT2D eigenvalue weighted by Gasteiger charge is 2.75. The van der Waals surface area contributed by atoms with Crippen molar-refractivity contribution in [3.05, 3.63) is 59.2 Å². The van der Waals surface area contributed by atoms with Crippen molar-refractivity contribution in [1.82, 2.24) is 9.21 Å². The van der Waals surface area contributed by atoms with Gasteiger partial charge in [0.15, 0.2) is 11.5 Å². The van der Waals surface area contributed by atoms with Crippen molar-refractivity contribution in [1.29, 1.82) is 0 Å². The van der Waals surface area contributed by atoms with Crippen molar-refractivity contribution in [3.63, 3.8) is 0 Å². The molecular weight excluding hydrogens is 556 g/mol. The van der Waals surface area contributed by atoms with Crippen LogP contribution < -0.4 is 9.47 Å². The second kappa shape index (κ2) is 10.3. The molecule has 2 aromatic carbocycles. The predicted molar refractivity (Wildman–Crippen MR) is 157 cm³/mol. The average Bonchev–Trinajstić information content (AvgIpc) is 3.26. The lowest BCUT2D eigenvalue weighted by Crippen LogP contribution is -2.79. The number of hydrogen-bond donors (Lipinski definition) is 0. The summed E-state index contributed by atoms with van der Waals surface area (Å²) in [6.07, 6.45) is 1.61. The van der Waals surface area contributed by atoms with Crippen molar-refractivity contribution in [2.45, 2.75) is 88.3 Å². The van der Waals surface area contributed by atoms with E-state index < -0.39 is 39.2 Å². The summed E-state index contributed by atoms with van der Waals surface area (Å²) in [7, 11) is -1.71. The number of carbonyl (C=O) groups is 2. The highest BCUT2D eigenvalue weighted by atomic mass is 32.2. The number of benzene rings is 2. The minimum atomic E-state index is -3.77. The number of likely N-dealkylation sites (N-methyl/N-ethyl adjacent to an activating group) is 1. The maximum Gasteiger partial charge on any atom is 0.308 e. The lowest BCUT2D eigenvalue weighted by Gasteiger charge is -2.65. The SMILES string of the molecule is CC(=O)Oc1ccc2c3c1O[C@H]1[C@H](N(CC(C)C)S(=O)(=O)Cc4ccccc4)CC[C@@]4(OC(C)=O)[C@@H](C2)N(C)CC[C@]314. The first-order valence-electron chi connectivity index (χ1n) is 14.8. The van der Waals surface area contributed by atoms with Gasteiger partial charge in [0.2, 0.25) is 10.0 Å². The number of piperidine rings is 1. The van der Waals surface area contributed by atoms with E-state index in [1.807, 2.05) is 50.2 Å². The molecule has 1 saturated heterocycles. The highest BCUT2D eigenvalue weighted by Crippen LogP contribution is 2.67. The average molecular weight is 597 g/mol. The van der Waals surface area contributed by atoms with E-state index in [2.05, 4.69) is 11.9 Å². The molecule has 0 unspecified atom stereocenters. The summed E-state index contributed by atoms with van der Waals surface area (Å²) in [5.74, 6) is -0.0801. The molecule has 226 valence electrons. The van der Waals surface area contributed by atoms with Crippen molar-refractivity contribution in [3.8, 4) is 11.5 Å².